The molecular formula is C19H27ClN4O3. The van der Waals surface area contributed by atoms with Gasteiger partial charge in [-0.3, -0.25) is 4.79 Å². The van der Waals surface area contributed by atoms with E-state index in [0.29, 0.717) is 37.0 Å². The number of aromatic nitrogens is 2. The number of methoxy groups -OCH3 is 1. The van der Waals surface area contributed by atoms with Gasteiger partial charge in [0, 0.05) is 43.6 Å². The van der Waals surface area contributed by atoms with Gasteiger partial charge in [0.1, 0.15) is 5.75 Å². The van der Waals surface area contributed by atoms with E-state index in [2.05, 4.69) is 29.3 Å². The Balaban J connectivity index is 0.00000261. The average Bonchev–Trinajstić information content (AvgIpc) is 3.13. The van der Waals surface area contributed by atoms with Crippen LogP contribution in [-0.4, -0.2) is 53.2 Å². The summed E-state index contributed by atoms with van der Waals surface area (Å²) in [6.45, 7) is 5.83. The molecular weight excluding hydrogens is 368 g/mol. The second-order valence-electron chi connectivity index (χ2n) is 6.66. The summed E-state index contributed by atoms with van der Waals surface area (Å²) in [6.07, 6.45) is 1.80. The molecule has 3 rings (SSSR count). The van der Waals surface area contributed by atoms with Crippen molar-refractivity contribution < 1.29 is 14.1 Å². The fourth-order valence-electron chi connectivity index (χ4n) is 3.16. The normalized spacial score (nSPS) is 19.4. The smallest absolute Gasteiger partial charge is 0.226 e. The molecule has 7 nitrogen and oxygen atoms in total. The Morgan fingerprint density at radius 3 is 2.78 bits per heavy atom. The van der Waals surface area contributed by atoms with Crippen LogP contribution in [0, 0.1) is 0 Å². The maximum atomic E-state index is 12.5. The number of halogens is 1. The van der Waals surface area contributed by atoms with Crippen molar-refractivity contribution in [2.75, 3.05) is 20.2 Å². The molecule has 1 aliphatic heterocycles. The van der Waals surface area contributed by atoms with E-state index >= 15 is 0 Å². The molecule has 1 saturated heterocycles. The van der Waals surface area contributed by atoms with Crippen LogP contribution in [0.1, 0.15) is 32.6 Å². The largest absolute Gasteiger partial charge is 0.497 e. The van der Waals surface area contributed by atoms with Crippen LogP contribution >= 0.6 is 12.4 Å². The summed E-state index contributed by atoms with van der Waals surface area (Å²) in [7, 11) is 1.63. The fraction of sp³-hybridized carbons (Fsp3) is 0.526. The van der Waals surface area contributed by atoms with Crippen molar-refractivity contribution in [1.82, 2.24) is 20.4 Å². The highest BCUT2D eigenvalue weighted by Gasteiger charge is 2.27. The minimum atomic E-state index is 0. The number of rotatable bonds is 6. The summed E-state index contributed by atoms with van der Waals surface area (Å²) < 4.78 is 10.5. The van der Waals surface area contributed by atoms with E-state index in [9.17, 15) is 4.79 Å². The lowest BCUT2D eigenvalue weighted by molar-refractivity contribution is -0.134. The van der Waals surface area contributed by atoms with Crippen molar-refractivity contribution in [2.45, 2.75) is 45.2 Å². The molecule has 0 saturated carbocycles. The molecule has 2 heterocycles. The van der Waals surface area contributed by atoms with Gasteiger partial charge in [-0.1, -0.05) is 5.16 Å². The van der Waals surface area contributed by atoms with E-state index in [1.165, 1.54) is 0 Å². The summed E-state index contributed by atoms with van der Waals surface area (Å²) in [5.74, 6) is 2.09. The summed E-state index contributed by atoms with van der Waals surface area (Å²) in [5.41, 5.74) is 0.875. The summed E-state index contributed by atoms with van der Waals surface area (Å²) in [5, 5.41) is 7.41. The van der Waals surface area contributed by atoms with Gasteiger partial charge in [0.25, 0.3) is 0 Å². The van der Waals surface area contributed by atoms with Gasteiger partial charge in [-0.05, 0) is 44.5 Å². The zero-order valence-corrected chi connectivity index (χ0v) is 16.8. The maximum absolute atomic E-state index is 12.5. The number of nitrogens with zero attached hydrogens (tertiary/aromatic N) is 3. The fourth-order valence-corrected chi connectivity index (χ4v) is 3.16. The first-order valence-corrected chi connectivity index (χ1v) is 9.08. The van der Waals surface area contributed by atoms with Gasteiger partial charge in [-0.15, -0.1) is 12.4 Å². The predicted octanol–water partition coefficient (Wildman–Crippen LogP) is 2.70. The number of benzene rings is 1. The molecule has 1 N–H and O–H groups in total. The minimum absolute atomic E-state index is 0. The lowest BCUT2D eigenvalue weighted by atomic mass is 10.1. The molecule has 2 unspecified atom stereocenters. The topological polar surface area (TPSA) is 80.5 Å². The molecule has 1 aliphatic rings. The van der Waals surface area contributed by atoms with Gasteiger partial charge >= 0.3 is 0 Å². The Bertz CT molecular complexity index is 735. The number of carbonyl (C=O) groups is 1. The van der Waals surface area contributed by atoms with Gasteiger partial charge in [0.2, 0.25) is 17.6 Å². The molecule has 1 aromatic carbocycles. The standard InChI is InChI=1S/C19H26N4O3.ClH/c1-13-14(2)23(12-11-20-13)18(24)6-4-5-17-21-19(22-26-17)15-7-9-16(25-3)10-8-15;/h7-10,13-14,20H,4-6,11-12H2,1-3H3;1H. The van der Waals surface area contributed by atoms with Gasteiger partial charge in [0.05, 0.1) is 7.11 Å². The molecule has 2 aromatic rings. The molecule has 2 atom stereocenters. The van der Waals surface area contributed by atoms with E-state index in [1.807, 2.05) is 29.2 Å². The van der Waals surface area contributed by atoms with Crippen molar-refractivity contribution in [3.63, 3.8) is 0 Å². The number of nitrogens with one attached hydrogen (secondary N) is 1. The summed E-state index contributed by atoms with van der Waals surface area (Å²) >= 11 is 0. The number of aryl methyl sites for hydroxylation is 1. The molecule has 0 aliphatic carbocycles. The maximum Gasteiger partial charge on any atom is 0.226 e. The lowest BCUT2D eigenvalue weighted by Crippen LogP contribution is -2.57. The molecule has 0 bridgehead atoms. The number of hydrogen-bond acceptors (Lipinski definition) is 6. The SMILES string of the molecule is COc1ccc(-c2noc(CCCC(=O)N3CCNC(C)C3C)n2)cc1.Cl. The average molecular weight is 395 g/mol. The van der Waals surface area contributed by atoms with E-state index in [0.717, 1.165) is 24.4 Å². The van der Waals surface area contributed by atoms with Crippen LogP contribution < -0.4 is 10.1 Å². The summed E-state index contributed by atoms with van der Waals surface area (Å²) in [4.78, 5) is 18.8. The molecule has 1 aromatic heterocycles. The van der Waals surface area contributed by atoms with Crippen molar-refractivity contribution in [2.24, 2.45) is 0 Å². The van der Waals surface area contributed by atoms with Gasteiger partial charge in [-0.2, -0.15) is 4.98 Å². The van der Waals surface area contributed by atoms with Crippen molar-refractivity contribution in [1.29, 1.82) is 0 Å². The molecule has 1 amide bonds. The molecule has 148 valence electrons. The van der Waals surface area contributed by atoms with Crippen LogP contribution in [0.25, 0.3) is 11.4 Å². The van der Waals surface area contributed by atoms with Crippen LogP contribution in [0.2, 0.25) is 0 Å². The number of piperazine rings is 1. The molecule has 1 fully saturated rings. The van der Waals surface area contributed by atoms with E-state index < -0.39 is 0 Å². The third-order valence-corrected chi connectivity index (χ3v) is 4.95. The Hall–Kier alpha value is -2.12. The lowest BCUT2D eigenvalue weighted by Gasteiger charge is -2.38. The van der Waals surface area contributed by atoms with Crippen LogP contribution in [0.4, 0.5) is 0 Å². The number of carbonyl (C=O) groups excluding carboxylic acids is 1. The third-order valence-electron chi connectivity index (χ3n) is 4.95. The Morgan fingerprint density at radius 1 is 1.33 bits per heavy atom. The number of amides is 1. The first-order valence-electron chi connectivity index (χ1n) is 9.08. The Morgan fingerprint density at radius 2 is 2.07 bits per heavy atom. The number of hydrogen-bond donors (Lipinski definition) is 1. The minimum Gasteiger partial charge on any atom is -0.497 e. The van der Waals surface area contributed by atoms with E-state index in [4.69, 9.17) is 9.26 Å². The Labute approximate surface area is 165 Å². The van der Waals surface area contributed by atoms with Gasteiger partial charge < -0.3 is 19.5 Å². The number of ether oxygens (including phenoxy) is 1. The van der Waals surface area contributed by atoms with Crippen LogP contribution in [-0.2, 0) is 11.2 Å². The van der Waals surface area contributed by atoms with Gasteiger partial charge in [-0.25, -0.2) is 0 Å². The molecule has 8 heteroatoms. The highest BCUT2D eigenvalue weighted by molar-refractivity contribution is 5.85. The highest BCUT2D eigenvalue weighted by atomic mass is 35.5. The molecule has 27 heavy (non-hydrogen) atoms. The molecule has 0 spiro atoms. The van der Waals surface area contributed by atoms with Crippen molar-refractivity contribution in [3.05, 3.63) is 30.2 Å². The Kier molecular flexibility index (Phi) is 7.62. The first kappa shape index (κ1) is 21.2. The van der Waals surface area contributed by atoms with Crippen LogP contribution in [0.5, 0.6) is 5.75 Å². The predicted molar refractivity (Wildman–Crippen MR) is 105 cm³/mol. The highest BCUT2D eigenvalue weighted by Crippen LogP contribution is 2.20. The monoisotopic (exact) mass is 394 g/mol. The second kappa shape index (κ2) is 9.71. The van der Waals surface area contributed by atoms with E-state index in [1.54, 1.807) is 7.11 Å². The summed E-state index contributed by atoms with van der Waals surface area (Å²) in [6, 6.07) is 8.06. The zero-order chi connectivity index (χ0) is 18.5. The quantitative estimate of drug-likeness (QED) is 0.811. The first-order chi connectivity index (χ1) is 12.6. The second-order valence-corrected chi connectivity index (χ2v) is 6.66. The van der Waals surface area contributed by atoms with Crippen molar-refractivity contribution >= 4 is 18.3 Å². The third kappa shape index (κ3) is 5.20. The van der Waals surface area contributed by atoms with Crippen LogP contribution in [0.3, 0.4) is 0 Å². The van der Waals surface area contributed by atoms with E-state index in [-0.39, 0.29) is 24.4 Å². The van der Waals surface area contributed by atoms with Crippen LogP contribution in [0.15, 0.2) is 28.8 Å². The zero-order valence-electron chi connectivity index (χ0n) is 16.0. The van der Waals surface area contributed by atoms with Crippen molar-refractivity contribution in [3.8, 4) is 17.1 Å². The molecule has 0 radical (unpaired) electrons. The van der Waals surface area contributed by atoms with Gasteiger partial charge in [0.15, 0.2) is 0 Å².